The molecule has 92 valence electrons. The van der Waals surface area contributed by atoms with E-state index >= 15 is 0 Å². The van der Waals surface area contributed by atoms with Gasteiger partial charge in [-0.3, -0.25) is 0 Å². The average Bonchev–Trinajstić information content (AvgIpc) is 2.31. The summed E-state index contributed by atoms with van der Waals surface area (Å²) in [4.78, 5) is 0.808. The predicted molar refractivity (Wildman–Crippen MR) is 81.7 cm³/mol. The fourth-order valence-corrected chi connectivity index (χ4v) is 5.10. The maximum atomic E-state index is 12.6. The van der Waals surface area contributed by atoms with Crippen molar-refractivity contribution in [2.75, 3.05) is 6.26 Å². The highest BCUT2D eigenvalue weighted by atomic mass is 79.9. The van der Waals surface area contributed by atoms with E-state index in [-0.39, 0.29) is 0 Å². The molecule has 0 spiro atoms. The standard InChI is InChI=1S/C13H9Br2NOS/c1-18(17)12-5-3-2-4-9(12)10-6-8(14)7-11(15)13(10)16-18/h2-7H,1H3. The Morgan fingerprint density at radius 2 is 1.83 bits per heavy atom. The Hall–Kier alpha value is -0.650. The van der Waals surface area contributed by atoms with Crippen LogP contribution in [0.15, 0.2) is 54.6 Å². The number of hydrogen-bond acceptors (Lipinski definition) is 2. The topological polar surface area (TPSA) is 29.4 Å². The molecule has 0 N–H and O–H groups in total. The largest absolute Gasteiger partial charge is 0.245 e. The molecular weight excluding hydrogens is 378 g/mol. The Kier molecular flexibility index (Phi) is 2.88. The molecule has 0 fully saturated rings. The van der Waals surface area contributed by atoms with Crippen LogP contribution < -0.4 is 0 Å². The maximum absolute atomic E-state index is 12.6. The lowest BCUT2D eigenvalue weighted by Crippen LogP contribution is -2.04. The summed E-state index contributed by atoms with van der Waals surface area (Å²) >= 11 is 6.97. The molecule has 1 unspecified atom stereocenters. The summed E-state index contributed by atoms with van der Waals surface area (Å²) < 4.78 is 18.9. The molecular formula is C13H9Br2NOS. The van der Waals surface area contributed by atoms with Crippen LogP contribution in [0.4, 0.5) is 5.69 Å². The monoisotopic (exact) mass is 385 g/mol. The smallest absolute Gasteiger partial charge is 0.0955 e. The van der Waals surface area contributed by atoms with Crippen molar-refractivity contribution in [3.63, 3.8) is 0 Å². The van der Waals surface area contributed by atoms with Crippen molar-refractivity contribution in [3.05, 3.63) is 45.3 Å². The van der Waals surface area contributed by atoms with Crippen LogP contribution in [-0.2, 0) is 9.73 Å². The van der Waals surface area contributed by atoms with Crippen molar-refractivity contribution >= 4 is 47.3 Å². The molecule has 0 radical (unpaired) electrons. The third-order valence-corrected chi connectivity index (χ3v) is 5.64. The zero-order chi connectivity index (χ0) is 12.9. The highest BCUT2D eigenvalue weighted by molar-refractivity contribution is 9.11. The van der Waals surface area contributed by atoms with Crippen molar-refractivity contribution in [2.24, 2.45) is 4.36 Å². The number of rotatable bonds is 0. The lowest BCUT2D eigenvalue weighted by molar-refractivity contribution is 0.680. The Balaban J connectivity index is 2.51. The summed E-state index contributed by atoms with van der Waals surface area (Å²) in [7, 11) is -2.36. The highest BCUT2D eigenvalue weighted by Gasteiger charge is 2.23. The highest BCUT2D eigenvalue weighted by Crippen LogP contribution is 2.45. The van der Waals surface area contributed by atoms with Crippen molar-refractivity contribution in [1.82, 2.24) is 0 Å². The van der Waals surface area contributed by atoms with Gasteiger partial charge in [-0.2, -0.15) is 4.36 Å². The summed E-state index contributed by atoms with van der Waals surface area (Å²) in [6.45, 7) is 0. The van der Waals surface area contributed by atoms with Gasteiger partial charge in [0.2, 0.25) is 0 Å². The Bertz CT molecular complexity index is 777. The second-order valence-corrected chi connectivity index (χ2v) is 8.17. The van der Waals surface area contributed by atoms with Crippen molar-refractivity contribution in [3.8, 4) is 11.1 Å². The van der Waals surface area contributed by atoms with E-state index in [1.54, 1.807) is 6.26 Å². The molecule has 2 nitrogen and oxygen atoms in total. The molecule has 1 heterocycles. The first-order chi connectivity index (χ1) is 8.49. The van der Waals surface area contributed by atoms with E-state index in [9.17, 15) is 4.21 Å². The van der Waals surface area contributed by atoms with Crippen LogP contribution in [0.1, 0.15) is 0 Å². The second kappa shape index (κ2) is 4.18. The van der Waals surface area contributed by atoms with E-state index < -0.39 is 9.73 Å². The van der Waals surface area contributed by atoms with Crippen LogP contribution in [0.25, 0.3) is 11.1 Å². The first-order valence-corrected chi connectivity index (χ1v) is 8.80. The van der Waals surface area contributed by atoms with Gasteiger partial charge in [0.25, 0.3) is 0 Å². The van der Waals surface area contributed by atoms with E-state index in [1.165, 1.54) is 0 Å². The van der Waals surface area contributed by atoms with Gasteiger partial charge in [-0.25, -0.2) is 4.21 Å². The molecule has 18 heavy (non-hydrogen) atoms. The van der Waals surface area contributed by atoms with Crippen molar-refractivity contribution in [2.45, 2.75) is 4.90 Å². The molecule has 0 amide bonds. The van der Waals surface area contributed by atoms with Gasteiger partial charge < -0.3 is 0 Å². The minimum absolute atomic E-state index is 0.768. The van der Waals surface area contributed by atoms with Gasteiger partial charge in [0.05, 0.1) is 20.3 Å². The fraction of sp³-hybridized carbons (Fsp3) is 0.0769. The van der Waals surface area contributed by atoms with Gasteiger partial charge in [-0.05, 0) is 34.1 Å². The van der Waals surface area contributed by atoms with Gasteiger partial charge in [0.15, 0.2) is 0 Å². The minimum atomic E-state index is -2.36. The summed E-state index contributed by atoms with van der Waals surface area (Å²) in [5.41, 5.74) is 2.77. The summed E-state index contributed by atoms with van der Waals surface area (Å²) in [5, 5.41) is 0. The van der Waals surface area contributed by atoms with E-state index in [4.69, 9.17) is 0 Å². The quantitative estimate of drug-likeness (QED) is 0.627. The average molecular weight is 387 g/mol. The van der Waals surface area contributed by atoms with E-state index in [2.05, 4.69) is 36.2 Å². The first-order valence-electron chi connectivity index (χ1n) is 5.30. The molecule has 2 aromatic carbocycles. The third kappa shape index (κ3) is 1.85. The maximum Gasteiger partial charge on any atom is 0.0955 e. The zero-order valence-corrected chi connectivity index (χ0v) is 13.5. The van der Waals surface area contributed by atoms with Crippen LogP contribution in [-0.4, -0.2) is 10.5 Å². The normalized spacial score (nSPS) is 20.8. The molecule has 0 aliphatic carbocycles. The summed E-state index contributed by atoms with van der Waals surface area (Å²) in [6.07, 6.45) is 1.68. The Morgan fingerprint density at radius 3 is 2.61 bits per heavy atom. The molecule has 0 aromatic heterocycles. The Labute approximate surface area is 123 Å². The number of hydrogen-bond donors (Lipinski definition) is 0. The molecule has 0 saturated carbocycles. The Morgan fingerprint density at radius 1 is 1.11 bits per heavy atom. The molecule has 5 heteroatoms. The molecule has 0 saturated heterocycles. The lowest BCUT2D eigenvalue weighted by atomic mass is 10.0. The minimum Gasteiger partial charge on any atom is -0.245 e. The van der Waals surface area contributed by atoms with Gasteiger partial charge >= 0.3 is 0 Å². The van der Waals surface area contributed by atoms with Crippen molar-refractivity contribution < 1.29 is 4.21 Å². The molecule has 2 aromatic rings. The van der Waals surface area contributed by atoms with Crippen molar-refractivity contribution in [1.29, 1.82) is 0 Å². The van der Waals surface area contributed by atoms with E-state index in [0.717, 1.165) is 30.7 Å². The fourth-order valence-electron chi connectivity index (χ4n) is 2.11. The van der Waals surface area contributed by atoms with E-state index in [0.29, 0.717) is 0 Å². The SMILES string of the molecule is CS1(=O)=Nc2c(Br)cc(Br)cc2-c2ccccc21. The van der Waals surface area contributed by atoms with Crippen LogP contribution in [0, 0.1) is 0 Å². The molecule has 0 bridgehead atoms. The van der Waals surface area contributed by atoms with E-state index in [1.807, 2.05) is 36.4 Å². The van der Waals surface area contributed by atoms with Crippen LogP contribution in [0.2, 0.25) is 0 Å². The van der Waals surface area contributed by atoms with Gasteiger partial charge in [0.1, 0.15) is 0 Å². The van der Waals surface area contributed by atoms with Crippen LogP contribution in [0.5, 0.6) is 0 Å². The zero-order valence-electron chi connectivity index (χ0n) is 9.48. The van der Waals surface area contributed by atoms with Gasteiger partial charge in [-0.1, -0.05) is 34.1 Å². The van der Waals surface area contributed by atoms with Gasteiger partial charge in [0, 0.05) is 26.3 Å². The molecule has 1 atom stereocenters. The number of benzene rings is 2. The molecule has 1 aliphatic heterocycles. The van der Waals surface area contributed by atoms with Crippen LogP contribution >= 0.6 is 31.9 Å². The number of fused-ring (bicyclic) bond motifs is 3. The molecule has 3 rings (SSSR count). The summed E-state index contributed by atoms with van der Waals surface area (Å²) in [5.74, 6) is 0. The molecule has 1 aliphatic rings. The first kappa shape index (κ1) is 12.4. The van der Waals surface area contributed by atoms with Gasteiger partial charge in [-0.15, -0.1) is 0 Å². The number of halogens is 2. The van der Waals surface area contributed by atoms with Crippen LogP contribution in [0.3, 0.4) is 0 Å². The third-order valence-electron chi connectivity index (χ3n) is 2.88. The predicted octanol–water partition coefficient (Wildman–Crippen LogP) is 4.98. The second-order valence-electron chi connectivity index (χ2n) is 4.17. The lowest BCUT2D eigenvalue weighted by Gasteiger charge is -2.20. The number of nitrogens with zero attached hydrogens (tertiary/aromatic N) is 1. The summed E-state index contributed by atoms with van der Waals surface area (Å²) in [6, 6.07) is 11.7.